The van der Waals surface area contributed by atoms with E-state index in [0.717, 1.165) is 44.1 Å². The number of rotatable bonds is 13. The van der Waals surface area contributed by atoms with Gasteiger partial charge in [0.05, 0.1) is 6.61 Å². The van der Waals surface area contributed by atoms with Crippen LogP contribution in [0.25, 0.3) is 0 Å². The van der Waals surface area contributed by atoms with Crippen LogP contribution >= 0.6 is 15.6 Å². The minimum absolute atomic E-state index is 0.248. The van der Waals surface area contributed by atoms with Crippen LogP contribution in [0.15, 0.2) is 34.9 Å². The normalized spacial score (nSPS) is 15.7. The van der Waals surface area contributed by atoms with Crippen LogP contribution in [0.5, 0.6) is 0 Å². The van der Waals surface area contributed by atoms with Gasteiger partial charge in [0.2, 0.25) is 0 Å². The first-order valence-corrected chi connectivity index (χ1v) is 11.7. The summed E-state index contributed by atoms with van der Waals surface area (Å²) < 4.78 is 30.2. The van der Waals surface area contributed by atoms with Crippen LogP contribution < -0.4 is 0 Å². The Kier molecular flexibility index (Phi) is 12.5. The van der Waals surface area contributed by atoms with Gasteiger partial charge in [0.1, 0.15) is 0 Å². The second-order valence-electron chi connectivity index (χ2n) is 6.13. The molecule has 0 saturated heterocycles. The van der Waals surface area contributed by atoms with E-state index < -0.39 is 15.6 Å². The average Bonchev–Trinajstić information content (AvgIpc) is 2.48. The summed E-state index contributed by atoms with van der Waals surface area (Å²) in [6, 6.07) is 0. The molecule has 0 aliphatic heterocycles. The number of allylic oxidation sites excluding steroid dienone is 5. The fourth-order valence-corrected chi connectivity index (χ4v) is 3.79. The molecule has 0 radical (unpaired) electrons. The quantitative estimate of drug-likeness (QED) is 0.275. The number of phosphoric ester groups is 1. The number of hydrogen-bond acceptors (Lipinski definition) is 4. The van der Waals surface area contributed by atoms with Gasteiger partial charge in [0.25, 0.3) is 0 Å². The van der Waals surface area contributed by atoms with Gasteiger partial charge < -0.3 is 14.7 Å². The minimum atomic E-state index is -5.08. The van der Waals surface area contributed by atoms with E-state index >= 15 is 0 Å². The molecule has 0 aromatic rings. The van der Waals surface area contributed by atoms with E-state index in [4.69, 9.17) is 9.79 Å². The van der Waals surface area contributed by atoms with Crippen LogP contribution in [0.3, 0.4) is 0 Å². The molecule has 0 heterocycles. The van der Waals surface area contributed by atoms with Gasteiger partial charge in [-0.05, 0) is 52.4 Å². The van der Waals surface area contributed by atoms with Crippen molar-refractivity contribution in [2.24, 2.45) is 0 Å². The lowest BCUT2D eigenvalue weighted by molar-refractivity contribution is 0.191. The topological polar surface area (TPSA) is 113 Å². The Hall–Kier alpha value is -0.520. The monoisotopic (exact) mass is 410 g/mol. The summed E-state index contributed by atoms with van der Waals surface area (Å²) in [4.78, 5) is 26.3. The maximum absolute atomic E-state index is 11.4. The van der Waals surface area contributed by atoms with E-state index in [1.165, 1.54) is 11.1 Å². The Balaban J connectivity index is 4.50. The average molecular weight is 410 g/mol. The van der Waals surface area contributed by atoms with Crippen LogP contribution in [0.4, 0.5) is 0 Å². The zero-order valence-corrected chi connectivity index (χ0v) is 17.8. The highest BCUT2D eigenvalue weighted by Gasteiger charge is 2.31. The van der Waals surface area contributed by atoms with Gasteiger partial charge >= 0.3 is 15.6 Å². The van der Waals surface area contributed by atoms with Gasteiger partial charge in [-0.2, -0.15) is 4.31 Å². The van der Waals surface area contributed by atoms with Crippen molar-refractivity contribution in [3.63, 3.8) is 0 Å². The standard InChI is InChI=1S/C17H32O7P2/c1-5-16(10-7-9-15(3)4)11-8-12-17(6-2)13-14-23-26(21,22)24-25(18,19)20/h9,11,13H,5-8,10,12,14H2,1-4H3,(H,21,22)(H2,18,19,20)/b16-11+,17-13+. The zero-order valence-electron chi connectivity index (χ0n) is 16.1. The van der Waals surface area contributed by atoms with Crippen molar-refractivity contribution < 1.29 is 32.6 Å². The third-order valence-corrected chi connectivity index (χ3v) is 5.80. The minimum Gasteiger partial charge on any atom is -0.302 e. The largest absolute Gasteiger partial charge is 0.481 e. The summed E-state index contributed by atoms with van der Waals surface area (Å²) >= 11 is 0. The highest BCUT2D eigenvalue weighted by Crippen LogP contribution is 2.57. The summed E-state index contributed by atoms with van der Waals surface area (Å²) in [5.74, 6) is 0. The molecule has 1 unspecified atom stereocenters. The maximum atomic E-state index is 11.4. The lowest BCUT2D eigenvalue weighted by Gasteiger charge is -2.11. The van der Waals surface area contributed by atoms with Gasteiger partial charge in [0.15, 0.2) is 0 Å². The molecule has 0 rings (SSSR count). The van der Waals surface area contributed by atoms with Crippen molar-refractivity contribution in [1.82, 2.24) is 0 Å². The van der Waals surface area contributed by atoms with Crippen LogP contribution in [-0.2, 0) is 18.0 Å². The van der Waals surface area contributed by atoms with Crippen molar-refractivity contribution in [2.75, 3.05) is 6.61 Å². The Morgan fingerprint density at radius 3 is 1.85 bits per heavy atom. The molecule has 152 valence electrons. The summed E-state index contributed by atoms with van der Waals surface area (Å²) in [5, 5.41) is 0. The van der Waals surface area contributed by atoms with Crippen molar-refractivity contribution in [3.8, 4) is 0 Å². The van der Waals surface area contributed by atoms with Crippen molar-refractivity contribution in [3.05, 3.63) is 34.9 Å². The zero-order chi connectivity index (χ0) is 20.2. The van der Waals surface area contributed by atoms with Gasteiger partial charge in [0, 0.05) is 0 Å². The van der Waals surface area contributed by atoms with Crippen molar-refractivity contribution in [2.45, 2.75) is 66.2 Å². The summed E-state index contributed by atoms with van der Waals surface area (Å²) in [5.41, 5.74) is 3.77. The Morgan fingerprint density at radius 2 is 1.38 bits per heavy atom. The fraction of sp³-hybridized carbons (Fsp3) is 0.647. The number of phosphoric acid groups is 2. The molecule has 26 heavy (non-hydrogen) atoms. The van der Waals surface area contributed by atoms with Gasteiger partial charge in [-0.15, -0.1) is 0 Å². The van der Waals surface area contributed by atoms with Gasteiger partial charge in [-0.25, -0.2) is 9.13 Å². The van der Waals surface area contributed by atoms with Crippen molar-refractivity contribution >= 4 is 15.6 Å². The summed E-state index contributed by atoms with van der Waals surface area (Å²) in [6.07, 6.45) is 11.6. The first-order chi connectivity index (χ1) is 12.0. The van der Waals surface area contributed by atoms with Crippen LogP contribution in [0, 0.1) is 0 Å². The predicted octanol–water partition coefficient (Wildman–Crippen LogP) is 5.41. The fourth-order valence-electron chi connectivity index (χ4n) is 2.26. The van der Waals surface area contributed by atoms with E-state index in [9.17, 15) is 14.0 Å². The molecule has 0 saturated carbocycles. The van der Waals surface area contributed by atoms with E-state index in [1.807, 2.05) is 6.92 Å². The van der Waals surface area contributed by atoms with Crippen molar-refractivity contribution in [1.29, 1.82) is 0 Å². The molecule has 9 heteroatoms. The lowest BCUT2D eigenvalue weighted by atomic mass is 10.0. The van der Waals surface area contributed by atoms with Gasteiger partial charge in [-0.3, -0.25) is 4.52 Å². The van der Waals surface area contributed by atoms with Gasteiger partial charge in [-0.1, -0.05) is 48.8 Å². The molecule has 3 N–H and O–H groups in total. The molecule has 0 aromatic heterocycles. The SMILES string of the molecule is CC/C(=C\CC/C(=C/COP(=O)(O)OP(=O)(O)O)CC)CCC=C(C)C. The first kappa shape index (κ1) is 25.5. The summed E-state index contributed by atoms with van der Waals surface area (Å²) in [7, 11) is -9.85. The molecule has 0 bridgehead atoms. The predicted molar refractivity (Wildman–Crippen MR) is 104 cm³/mol. The second kappa shape index (κ2) is 12.8. The van der Waals surface area contributed by atoms with Crippen LogP contribution in [0.1, 0.15) is 66.2 Å². The highest BCUT2D eigenvalue weighted by molar-refractivity contribution is 7.60. The van der Waals surface area contributed by atoms with E-state index in [1.54, 1.807) is 6.08 Å². The molecule has 0 aromatic carbocycles. The molecule has 7 nitrogen and oxygen atoms in total. The molecular formula is C17H32O7P2. The molecule has 0 amide bonds. The molecule has 0 spiro atoms. The lowest BCUT2D eigenvalue weighted by Crippen LogP contribution is -1.95. The Labute approximate surface area is 156 Å². The molecule has 0 aliphatic carbocycles. The third-order valence-electron chi connectivity index (χ3n) is 3.64. The maximum Gasteiger partial charge on any atom is 0.481 e. The second-order valence-corrected chi connectivity index (χ2v) is 8.96. The Morgan fingerprint density at radius 1 is 0.885 bits per heavy atom. The molecular weight excluding hydrogens is 378 g/mol. The van der Waals surface area contributed by atoms with Crippen LogP contribution in [-0.4, -0.2) is 21.3 Å². The van der Waals surface area contributed by atoms with E-state index in [0.29, 0.717) is 0 Å². The smallest absolute Gasteiger partial charge is 0.302 e. The number of hydrogen-bond donors (Lipinski definition) is 3. The molecule has 0 fully saturated rings. The van der Waals surface area contributed by atoms with E-state index in [-0.39, 0.29) is 6.61 Å². The Bertz CT molecular complexity index is 598. The highest BCUT2D eigenvalue weighted by atomic mass is 31.3. The summed E-state index contributed by atoms with van der Waals surface area (Å²) in [6.45, 7) is 8.04. The first-order valence-electron chi connectivity index (χ1n) is 8.72. The third kappa shape index (κ3) is 14.6. The van der Waals surface area contributed by atoms with E-state index in [2.05, 4.69) is 41.8 Å². The molecule has 0 aliphatic rings. The van der Waals surface area contributed by atoms with Crippen LogP contribution in [0.2, 0.25) is 0 Å². The molecule has 1 atom stereocenters.